The van der Waals surface area contributed by atoms with Gasteiger partial charge in [-0.3, -0.25) is 4.99 Å². The molecule has 30 heavy (non-hydrogen) atoms. The number of nitrogens with one attached hydrogen (secondary N) is 2. The van der Waals surface area contributed by atoms with Crippen LogP contribution in [0.3, 0.4) is 0 Å². The molecule has 3 N–H and O–H groups in total. The number of aliphatic hydroxyl groups is 1. The third-order valence-corrected chi connectivity index (χ3v) is 6.97. The number of methoxy groups -OCH3 is 1. The predicted octanol–water partition coefficient (Wildman–Crippen LogP) is 2.11. The lowest BCUT2D eigenvalue weighted by Crippen LogP contribution is -2.50. The largest absolute Gasteiger partial charge is 0.497 e. The van der Waals surface area contributed by atoms with E-state index in [0.717, 1.165) is 18.4 Å². The molecule has 1 heterocycles. The molecule has 1 aromatic carbocycles. The summed E-state index contributed by atoms with van der Waals surface area (Å²) >= 11 is 0. The van der Waals surface area contributed by atoms with Crippen LogP contribution < -0.4 is 15.4 Å². The Labute approximate surface area is 197 Å². The third kappa shape index (κ3) is 8.20. The summed E-state index contributed by atoms with van der Waals surface area (Å²) in [6.45, 7) is 5.81. The number of sulfonamides is 1. The molecule has 8 nitrogen and oxygen atoms in total. The lowest BCUT2D eigenvalue weighted by atomic mass is 10.1. The molecule has 1 aliphatic rings. The van der Waals surface area contributed by atoms with Crippen molar-refractivity contribution in [1.82, 2.24) is 14.9 Å². The molecule has 0 aromatic heterocycles. The Kier molecular flexibility index (Phi) is 12.0. The number of rotatable bonds is 9. The number of halogens is 1. The van der Waals surface area contributed by atoms with Gasteiger partial charge in [0.1, 0.15) is 5.75 Å². The van der Waals surface area contributed by atoms with Gasteiger partial charge >= 0.3 is 0 Å². The van der Waals surface area contributed by atoms with Crippen LogP contribution in [-0.2, 0) is 10.0 Å². The Morgan fingerprint density at radius 2 is 2.03 bits per heavy atom. The predicted molar refractivity (Wildman–Crippen MR) is 131 cm³/mol. The molecule has 0 aliphatic carbocycles. The van der Waals surface area contributed by atoms with Gasteiger partial charge in [0.15, 0.2) is 5.96 Å². The van der Waals surface area contributed by atoms with Gasteiger partial charge in [-0.1, -0.05) is 19.1 Å². The second kappa shape index (κ2) is 13.3. The van der Waals surface area contributed by atoms with Crippen molar-refractivity contribution in [2.24, 2.45) is 4.99 Å². The van der Waals surface area contributed by atoms with E-state index in [-0.39, 0.29) is 42.3 Å². The van der Waals surface area contributed by atoms with E-state index in [4.69, 9.17) is 4.74 Å². The minimum Gasteiger partial charge on any atom is -0.497 e. The van der Waals surface area contributed by atoms with Gasteiger partial charge in [0.25, 0.3) is 0 Å². The highest BCUT2D eigenvalue weighted by Gasteiger charge is 2.27. The maximum absolute atomic E-state index is 12.2. The number of piperidine rings is 1. The number of aliphatic imine (C=N–C) groups is 1. The van der Waals surface area contributed by atoms with Crippen molar-refractivity contribution in [2.45, 2.75) is 45.3 Å². The third-order valence-electron chi connectivity index (χ3n) is 4.90. The van der Waals surface area contributed by atoms with E-state index >= 15 is 0 Å². The summed E-state index contributed by atoms with van der Waals surface area (Å²) in [4.78, 5) is 4.51. The van der Waals surface area contributed by atoms with Crippen LogP contribution in [0.25, 0.3) is 0 Å². The molecule has 0 amide bonds. The van der Waals surface area contributed by atoms with E-state index in [1.54, 1.807) is 17.5 Å². The zero-order valence-electron chi connectivity index (χ0n) is 18.0. The van der Waals surface area contributed by atoms with Crippen LogP contribution in [0.5, 0.6) is 5.75 Å². The number of guanidine groups is 1. The Bertz CT molecular complexity index is 768. The van der Waals surface area contributed by atoms with Crippen LogP contribution in [0.4, 0.5) is 0 Å². The van der Waals surface area contributed by atoms with Crippen molar-refractivity contribution < 1.29 is 18.3 Å². The molecule has 0 bridgehead atoms. The number of ether oxygens (including phenoxy) is 1. The zero-order chi connectivity index (χ0) is 21.3. The molecule has 10 heteroatoms. The molecule has 2 rings (SSSR count). The first-order chi connectivity index (χ1) is 13.9. The van der Waals surface area contributed by atoms with E-state index in [0.29, 0.717) is 37.8 Å². The average Bonchev–Trinajstić information content (AvgIpc) is 2.72. The lowest BCUT2D eigenvalue weighted by molar-refractivity contribution is 0.186. The highest BCUT2D eigenvalue weighted by atomic mass is 127. The highest BCUT2D eigenvalue weighted by molar-refractivity contribution is 14.0. The number of benzene rings is 1. The monoisotopic (exact) mass is 554 g/mol. The summed E-state index contributed by atoms with van der Waals surface area (Å²) in [5.41, 5.74) is 0.749. The summed E-state index contributed by atoms with van der Waals surface area (Å²) in [7, 11) is -1.54. The summed E-state index contributed by atoms with van der Waals surface area (Å²) in [5, 5.41) is 17.0. The highest BCUT2D eigenvalue weighted by Crippen LogP contribution is 2.19. The van der Waals surface area contributed by atoms with Crippen LogP contribution in [0.2, 0.25) is 0 Å². The molecule has 1 aromatic rings. The molecule has 0 saturated carbocycles. The molecular weight excluding hydrogens is 519 g/mol. The SMILES string of the molecule is CCCS(=O)(=O)N1CCC(NC(=NCC(O)c2cccc(OC)c2)NCC)CC1.I. The van der Waals surface area contributed by atoms with Crippen LogP contribution in [-0.4, -0.2) is 68.9 Å². The first-order valence-electron chi connectivity index (χ1n) is 10.2. The summed E-state index contributed by atoms with van der Waals surface area (Å²) in [6, 6.07) is 7.46. The van der Waals surface area contributed by atoms with Crippen molar-refractivity contribution in [2.75, 3.05) is 39.0 Å². The Morgan fingerprint density at radius 3 is 2.63 bits per heavy atom. The first kappa shape index (κ1) is 26.9. The fraction of sp³-hybridized carbons (Fsp3) is 0.650. The van der Waals surface area contributed by atoms with Crippen molar-refractivity contribution in [1.29, 1.82) is 0 Å². The van der Waals surface area contributed by atoms with Crippen molar-refractivity contribution in [3.63, 3.8) is 0 Å². The van der Waals surface area contributed by atoms with Crippen LogP contribution >= 0.6 is 24.0 Å². The second-order valence-corrected chi connectivity index (χ2v) is 9.23. The minimum atomic E-state index is -3.14. The summed E-state index contributed by atoms with van der Waals surface area (Å²) in [5.74, 6) is 1.53. The molecule has 1 saturated heterocycles. The van der Waals surface area contributed by atoms with Crippen LogP contribution in [0.15, 0.2) is 29.3 Å². The minimum absolute atomic E-state index is 0. The normalized spacial score (nSPS) is 17.1. The average molecular weight is 554 g/mol. The first-order valence-corrected chi connectivity index (χ1v) is 11.8. The molecular formula is C20H35IN4O4S. The standard InChI is InChI=1S/C20H34N4O4S.HI/c1-4-13-29(26,27)24-11-9-17(10-12-24)23-20(21-5-2)22-15-19(25)16-7-6-8-18(14-16)28-3;/h6-8,14,17,19,25H,4-5,9-13,15H2,1-3H3,(H2,21,22,23);1H. The Balaban J connectivity index is 0.00000450. The van der Waals surface area contributed by atoms with E-state index in [9.17, 15) is 13.5 Å². The summed E-state index contributed by atoms with van der Waals surface area (Å²) < 4.78 is 31.2. The van der Waals surface area contributed by atoms with Gasteiger partial charge < -0.3 is 20.5 Å². The van der Waals surface area contributed by atoms with Gasteiger partial charge in [-0.15, -0.1) is 24.0 Å². The fourth-order valence-corrected chi connectivity index (χ4v) is 4.85. The number of aliphatic hydroxyl groups excluding tert-OH is 1. The number of hydrogen-bond acceptors (Lipinski definition) is 5. The van der Waals surface area contributed by atoms with Gasteiger partial charge in [-0.05, 0) is 43.9 Å². The van der Waals surface area contributed by atoms with E-state index in [1.807, 2.05) is 32.0 Å². The smallest absolute Gasteiger partial charge is 0.214 e. The van der Waals surface area contributed by atoms with Crippen molar-refractivity contribution in [3.8, 4) is 5.75 Å². The maximum atomic E-state index is 12.2. The molecule has 1 unspecified atom stereocenters. The van der Waals surface area contributed by atoms with Gasteiger partial charge in [-0.25, -0.2) is 12.7 Å². The van der Waals surface area contributed by atoms with Crippen molar-refractivity contribution in [3.05, 3.63) is 29.8 Å². The molecule has 0 spiro atoms. The van der Waals surface area contributed by atoms with Gasteiger partial charge in [0, 0.05) is 25.7 Å². The topological polar surface area (TPSA) is 103 Å². The fourth-order valence-electron chi connectivity index (χ4n) is 3.31. The quantitative estimate of drug-likeness (QED) is 0.246. The zero-order valence-corrected chi connectivity index (χ0v) is 21.2. The molecule has 172 valence electrons. The molecule has 1 atom stereocenters. The van der Waals surface area contributed by atoms with Gasteiger partial charge in [0.2, 0.25) is 10.0 Å². The van der Waals surface area contributed by atoms with Crippen LogP contribution in [0.1, 0.15) is 44.8 Å². The molecule has 0 radical (unpaired) electrons. The second-order valence-electron chi connectivity index (χ2n) is 7.15. The summed E-state index contributed by atoms with van der Waals surface area (Å²) in [6.07, 6.45) is 1.35. The van der Waals surface area contributed by atoms with Gasteiger partial charge in [-0.2, -0.15) is 0 Å². The Hall–Kier alpha value is -1.11. The molecule has 1 fully saturated rings. The van der Waals surface area contributed by atoms with E-state index in [1.165, 1.54) is 0 Å². The number of hydrogen-bond donors (Lipinski definition) is 3. The molecule has 1 aliphatic heterocycles. The van der Waals surface area contributed by atoms with Crippen LogP contribution in [0, 0.1) is 0 Å². The van der Waals surface area contributed by atoms with Gasteiger partial charge in [0.05, 0.1) is 25.5 Å². The lowest BCUT2D eigenvalue weighted by Gasteiger charge is -2.32. The number of nitrogens with zero attached hydrogens (tertiary/aromatic N) is 2. The Morgan fingerprint density at radius 1 is 1.33 bits per heavy atom. The van der Waals surface area contributed by atoms with E-state index in [2.05, 4.69) is 15.6 Å². The van der Waals surface area contributed by atoms with E-state index < -0.39 is 16.1 Å². The maximum Gasteiger partial charge on any atom is 0.214 e. The van der Waals surface area contributed by atoms with Crippen molar-refractivity contribution >= 4 is 40.0 Å².